The van der Waals surface area contributed by atoms with Gasteiger partial charge in [0.15, 0.2) is 27.4 Å². The smallest absolute Gasteiger partial charge is 0.407 e. The highest BCUT2D eigenvalue weighted by molar-refractivity contribution is 7.91. The second kappa shape index (κ2) is 17.4. The second-order valence-corrected chi connectivity index (χ2v) is 14.9. The lowest BCUT2D eigenvalue weighted by atomic mass is 10.1. The molecule has 0 aliphatic rings. The van der Waals surface area contributed by atoms with Crippen LogP contribution in [-0.2, 0) is 32.5 Å². The number of amides is 2. The number of rotatable bonds is 16. The molecular weight excluding hydrogens is 650 g/mol. The fourth-order valence-electron chi connectivity index (χ4n) is 4.72. The molecule has 13 heteroatoms. The van der Waals surface area contributed by atoms with Crippen LogP contribution < -0.4 is 30.2 Å². The third kappa shape index (κ3) is 12.3. The number of nitrogens with one attached hydrogen (secondary N) is 3. The van der Waals surface area contributed by atoms with Gasteiger partial charge >= 0.3 is 6.09 Å². The molecule has 49 heavy (non-hydrogen) atoms. The number of aliphatic hydroxyl groups is 1. The van der Waals surface area contributed by atoms with Crippen LogP contribution in [0, 0.1) is 0 Å². The van der Waals surface area contributed by atoms with Gasteiger partial charge in [0.1, 0.15) is 18.6 Å². The van der Waals surface area contributed by atoms with Crippen molar-refractivity contribution in [2.24, 2.45) is 0 Å². The standard InChI is InChI=1S/C36H49N3O9S/c1-9-45-31-20-26(13-17-30(31)47-23(3)4)33(48-29-15-11-25(12-16-29)22-46-35(42)39-36(6,7)8)34(41)37-21-27-19-28(38-24(5)40)14-18-32(27)49(43,44)10-2/h11-20,23,33-34,37,41H,9-10,21-22H2,1-8H3,(H,38,40)(H,39,42). The molecule has 0 heterocycles. The van der Waals surface area contributed by atoms with E-state index in [-0.39, 0.29) is 35.8 Å². The monoisotopic (exact) mass is 699 g/mol. The van der Waals surface area contributed by atoms with Crippen molar-refractivity contribution in [2.45, 2.75) is 97.4 Å². The molecule has 0 aliphatic carbocycles. The number of carbonyl (C=O) groups excluding carboxylic acids is 2. The summed E-state index contributed by atoms with van der Waals surface area (Å²) < 4.78 is 49.3. The quantitative estimate of drug-likeness (QED) is 0.133. The SMILES string of the molecule is CCOc1cc(C(Oc2ccc(COC(=O)NC(C)(C)C)cc2)C(O)NCc2cc(NC(C)=O)ccc2S(=O)(=O)CC)ccc1OC(C)C. The van der Waals surface area contributed by atoms with Crippen molar-refractivity contribution < 1.29 is 42.1 Å². The summed E-state index contributed by atoms with van der Waals surface area (Å²) in [6, 6.07) is 16.7. The predicted octanol–water partition coefficient (Wildman–Crippen LogP) is 5.88. The first-order valence-electron chi connectivity index (χ1n) is 16.2. The van der Waals surface area contributed by atoms with E-state index in [1.165, 1.54) is 19.1 Å². The Kier molecular flexibility index (Phi) is 13.9. The topological polar surface area (TPSA) is 162 Å². The van der Waals surface area contributed by atoms with Crippen LogP contribution in [0.3, 0.4) is 0 Å². The van der Waals surface area contributed by atoms with Gasteiger partial charge in [0, 0.05) is 30.3 Å². The predicted molar refractivity (Wildman–Crippen MR) is 188 cm³/mol. The van der Waals surface area contributed by atoms with Crippen LogP contribution in [0.1, 0.15) is 78.2 Å². The van der Waals surface area contributed by atoms with Gasteiger partial charge in [0.2, 0.25) is 5.91 Å². The molecule has 0 aromatic heterocycles. The van der Waals surface area contributed by atoms with E-state index < -0.39 is 33.8 Å². The molecule has 12 nitrogen and oxygen atoms in total. The number of hydrogen-bond donors (Lipinski definition) is 4. The maximum absolute atomic E-state index is 12.9. The summed E-state index contributed by atoms with van der Waals surface area (Å²) in [5.41, 5.74) is 1.63. The lowest BCUT2D eigenvalue weighted by molar-refractivity contribution is -0.114. The van der Waals surface area contributed by atoms with Crippen molar-refractivity contribution in [3.63, 3.8) is 0 Å². The molecule has 3 aromatic rings. The first kappa shape index (κ1) is 39.1. The molecule has 268 valence electrons. The maximum atomic E-state index is 12.9. The van der Waals surface area contributed by atoms with Crippen LogP contribution in [-0.4, -0.2) is 55.8 Å². The summed E-state index contributed by atoms with van der Waals surface area (Å²) in [5.74, 6) is 0.984. The second-order valence-electron chi connectivity index (χ2n) is 12.7. The van der Waals surface area contributed by atoms with E-state index in [1.807, 2.05) is 41.5 Å². The van der Waals surface area contributed by atoms with E-state index in [1.54, 1.807) is 55.5 Å². The largest absolute Gasteiger partial charge is 0.490 e. The number of alkyl carbamates (subject to hydrolysis) is 1. The summed E-state index contributed by atoms with van der Waals surface area (Å²) in [4.78, 5) is 23.9. The van der Waals surface area contributed by atoms with Crippen molar-refractivity contribution in [3.05, 3.63) is 77.4 Å². The highest BCUT2D eigenvalue weighted by atomic mass is 32.2. The summed E-state index contributed by atoms with van der Waals surface area (Å²) in [5, 5.41) is 20.0. The van der Waals surface area contributed by atoms with E-state index >= 15 is 0 Å². The van der Waals surface area contributed by atoms with E-state index in [0.29, 0.717) is 40.7 Å². The van der Waals surface area contributed by atoms with Gasteiger partial charge in [-0.3, -0.25) is 10.1 Å². The zero-order chi connectivity index (χ0) is 36.4. The molecule has 3 aromatic carbocycles. The molecule has 2 amide bonds. The summed E-state index contributed by atoms with van der Waals surface area (Å²) in [7, 11) is -3.62. The molecule has 0 saturated heterocycles. The van der Waals surface area contributed by atoms with Gasteiger partial charge in [-0.2, -0.15) is 0 Å². The van der Waals surface area contributed by atoms with E-state index in [2.05, 4.69) is 16.0 Å². The summed E-state index contributed by atoms with van der Waals surface area (Å²) in [6.07, 6.45) is -2.99. The van der Waals surface area contributed by atoms with Crippen molar-refractivity contribution in [2.75, 3.05) is 17.7 Å². The summed E-state index contributed by atoms with van der Waals surface area (Å²) in [6.45, 7) is 14.5. The van der Waals surface area contributed by atoms with Gasteiger partial charge < -0.3 is 34.7 Å². The first-order valence-corrected chi connectivity index (χ1v) is 17.8. The Morgan fingerprint density at radius 2 is 1.61 bits per heavy atom. The van der Waals surface area contributed by atoms with E-state index in [0.717, 1.165) is 5.56 Å². The minimum absolute atomic E-state index is 0.0470. The van der Waals surface area contributed by atoms with Gasteiger partial charge in [-0.25, -0.2) is 13.2 Å². The lowest BCUT2D eigenvalue weighted by Gasteiger charge is -2.27. The molecule has 0 saturated carbocycles. The number of ether oxygens (including phenoxy) is 4. The molecule has 4 N–H and O–H groups in total. The van der Waals surface area contributed by atoms with Gasteiger partial charge in [-0.15, -0.1) is 0 Å². The molecule has 3 rings (SSSR count). The van der Waals surface area contributed by atoms with Crippen LogP contribution in [0.25, 0.3) is 0 Å². The molecule has 0 bridgehead atoms. The average molecular weight is 700 g/mol. The zero-order valence-electron chi connectivity index (χ0n) is 29.5. The van der Waals surface area contributed by atoms with Crippen LogP contribution in [0.4, 0.5) is 10.5 Å². The maximum Gasteiger partial charge on any atom is 0.407 e. The highest BCUT2D eigenvalue weighted by Gasteiger charge is 2.26. The number of benzene rings is 3. The Hall–Kier alpha value is -4.33. The molecular formula is C36H49N3O9S. The Morgan fingerprint density at radius 1 is 0.918 bits per heavy atom. The van der Waals surface area contributed by atoms with Crippen molar-refractivity contribution >= 4 is 27.5 Å². The zero-order valence-corrected chi connectivity index (χ0v) is 30.3. The van der Waals surface area contributed by atoms with Crippen LogP contribution in [0.15, 0.2) is 65.6 Å². The Bertz CT molecular complexity index is 1670. The minimum Gasteiger partial charge on any atom is -0.490 e. The fourth-order valence-corrected chi connectivity index (χ4v) is 5.83. The third-order valence-electron chi connectivity index (χ3n) is 6.88. The van der Waals surface area contributed by atoms with Gasteiger partial charge in [0.25, 0.3) is 0 Å². The lowest BCUT2D eigenvalue weighted by Crippen LogP contribution is -2.40. The average Bonchev–Trinajstić information content (AvgIpc) is 3.01. The molecule has 0 spiro atoms. The van der Waals surface area contributed by atoms with Gasteiger partial charge in [-0.1, -0.05) is 25.1 Å². The van der Waals surface area contributed by atoms with Crippen LogP contribution in [0.2, 0.25) is 0 Å². The number of carbonyl (C=O) groups is 2. The molecule has 0 fully saturated rings. The molecule has 2 atom stereocenters. The molecule has 0 radical (unpaired) electrons. The van der Waals surface area contributed by atoms with Crippen LogP contribution >= 0.6 is 0 Å². The van der Waals surface area contributed by atoms with E-state index in [9.17, 15) is 23.1 Å². The van der Waals surface area contributed by atoms with Crippen molar-refractivity contribution in [1.29, 1.82) is 0 Å². The van der Waals surface area contributed by atoms with E-state index in [4.69, 9.17) is 18.9 Å². The molecule has 0 aliphatic heterocycles. The van der Waals surface area contributed by atoms with Crippen LogP contribution in [0.5, 0.6) is 17.2 Å². The number of aliphatic hydroxyl groups excluding tert-OH is 1. The number of anilines is 1. The Labute approximate surface area is 289 Å². The van der Waals surface area contributed by atoms with Crippen molar-refractivity contribution in [1.82, 2.24) is 10.6 Å². The van der Waals surface area contributed by atoms with Crippen molar-refractivity contribution in [3.8, 4) is 17.2 Å². The molecule has 2 unspecified atom stereocenters. The number of hydrogen-bond acceptors (Lipinski definition) is 10. The number of sulfone groups is 1. The highest BCUT2D eigenvalue weighted by Crippen LogP contribution is 2.34. The minimum atomic E-state index is -3.62. The Balaban J connectivity index is 1.93. The summed E-state index contributed by atoms with van der Waals surface area (Å²) >= 11 is 0. The third-order valence-corrected chi connectivity index (χ3v) is 8.71. The van der Waals surface area contributed by atoms with Gasteiger partial charge in [0.05, 0.1) is 23.4 Å². The first-order chi connectivity index (χ1) is 23.0. The Morgan fingerprint density at radius 3 is 2.20 bits per heavy atom. The van der Waals surface area contributed by atoms with Gasteiger partial charge in [-0.05, 0) is 95.1 Å². The fraction of sp³-hybridized carbons (Fsp3) is 0.444. The normalized spacial score (nSPS) is 12.9.